The largest absolute Gasteiger partial charge is 0.303 e. The van der Waals surface area contributed by atoms with Crippen molar-refractivity contribution in [2.75, 3.05) is 25.4 Å². The van der Waals surface area contributed by atoms with Crippen LogP contribution in [0.4, 0.5) is 0 Å². The molecule has 112 valence electrons. The normalized spacial score (nSPS) is 17.2. The summed E-state index contributed by atoms with van der Waals surface area (Å²) in [6.45, 7) is 5.34. The lowest BCUT2D eigenvalue weighted by Gasteiger charge is -2.26. The van der Waals surface area contributed by atoms with Crippen molar-refractivity contribution < 1.29 is 8.42 Å². The number of hydrogen-bond acceptors (Lipinski definition) is 4. The molecule has 0 spiro atoms. The van der Waals surface area contributed by atoms with E-state index in [1.54, 1.807) is 12.1 Å². The number of rotatable bonds is 6. The molecule has 0 aliphatic carbocycles. The maximum Gasteiger partial charge on any atom is 0.229 e. The van der Waals surface area contributed by atoms with Crippen molar-refractivity contribution in [1.82, 2.24) is 4.90 Å². The first kappa shape index (κ1) is 15.9. The molecule has 5 heteroatoms. The summed E-state index contributed by atoms with van der Waals surface area (Å²) in [6.07, 6.45) is 4.85. The smallest absolute Gasteiger partial charge is 0.229 e. The third-order valence-corrected chi connectivity index (χ3v) is 7.24. The summed E-state index contributed by atoms with van der Waals surface area (Å²) in [7, 11) is -2.11. The second-order valence-electron chi connectivity index (χ2n) is 5.35. The standard InChI is InChI=1S/C15H23NO2S2/c1-14-6-8-15(9-7-14)20(17,18)19-13-5-12-16-10-3-2-4-11-16/h6-9H,2-5,10-13H2,1H3. The zero-order chi connectivity index (χ0) is 14.4. The first-order valence-electron chi connectivity index (χ1n) is 7.26. The summed E-state index contributed by atoms with van der Waals surface area (Å²) in [4.78, 5) is 2.87. The molecule has 0 N–H and O–H groups in total. The Morgan fingerprint density at radius 3 is 2.40 bits per heavy atom. The Labute approximate surface area is 126 Å². The van der Waals surface area contributed by atoms with E-state index >= 15 is 0 Å². The quantitative estimate of drug-likeness (QED) is 0.596. The zero-order valence-electron chi connectivity index (χ0n) is 12.0. The number of likely N-dealkylation sites (tertiary alicyclic amines) is 1. The molecule has 3 nitrogen and oxygen atoms in total. The van der Waals surface area contributed by atoms with Gasteiger partial charge in [-0.25, -0.2) is 8.42 Å². The lowest BCUT2D eigenvalue weighted by molar-refractivity contribution is 0.230. The van der Waals surface area contributed by atoms with Gasteiger partial charge in [0.05, 0.1) is 4.90 Å². The van der Waals surface area contributed by atoms with Crippen LogP contribution in [-0.2, 0) is 8.87 Å². The second kappa shape index (κ2) is 7.48. The molecule has 1 saturated heterocycles. The topological polar surface area (TPSA) is 37.4 Å². The van der Waals surface area contributed by atoms with Gasteiger partial charge in [-0.05, 0) is 68.7 Å². The molecule has 0 radical (unpaired) electrons. The molecule has 2 rings (SSSR count). The fourth-order valence-corrected chi connectivity index (χ4v) is 5.24. The highest BCUT2D eigenvalue weighted by atomic mass is 33.1. The highest BCUT2D eigenvalue weighted by molar-refractivity contribution is 8.72. The summed E-state index contributed by atoms with van der Waals surface area (Å²) in [5, 5.41) is 0. The van der Waals surface area contributed by atoms with E-state index in [0.717, 1.165) is 29.3 Å². The van der Waals surface area contributed by atoms with Gasteiger partial charge in [-0.1, -0.05) is 24.1 Å². The molecule has 1 aliphatic heterocycles. The van der Waals surface area contributed by atoms with Crippen LogP contribution in [0.25, 0.3) is 0 Å². The number of hydrogen-bond donors (Lipinski definition) is 0. The van der Waals surface area contributed by atoms with Crippen LogP contribution < -0.4 is 0 Å². The van der Waals surface area contributed by atoms with Crippen LogP contribution in [0.5, 0.6) is 0 Å². The van der Waals surface area contributed by atoms with Crippen LogP contribution in [0.15, 0.2) is 29.2 Å². The van der Waals surface area contributed by atoms with Gasteiger partial charge in [-0.2, -0.15) is 0 Å². The van der Waals surface area contributed by atoms with E-state index in [9.17, 15) is 8.42 Å². The highest BCUT2D eigenvalue weighted by Gasteiger charge is 2.15. The molecule has 1 heterocycles. The van der Waals surface area contributed by atoms with Gasteiger partial charge in [-0.15, -0.1) is 0 Å². The van der Waals surface area contributed by atoms with Gasteiger partial charge < -0.3 is 4.90 Å². The van der Waals surface area contributed by atoms with Crippen molar-refractivity contribution in [3.05, 3.63) is 29.8 Å². The molecule has 0 saturated carbocycles. The van der Waals surface area contributed by atoms with Gasteiger partial charge in [0.15, 0.2) is 0 Å². The van der Waals surface area contributed by atoms with Crippen LogP contribution in [0.1, 0.15) is 31.2 Å². The van der Waals surface area contributed by atoms with Crippen molar-refractivity contribution in [3.63, 3.8) is 0 Å². The summed E-state index contributed by atoms with van der Waals surface area (Å²) < 4.78 is 24.3. The molecule has 0 unspecified atom stereocenters. The van der Waals surface area contributed by atoms with Crippen molar-refractivity contribution in [3.8, 4) is 0 Å². The van der Waals surface area contributed by atoms with Gasteiger partial charge in [0.25, 0.3) is 0 Å². The number of aryl methyl sites for hydroxylation is 1. The van der Waals surface area contributed by atoms with Gasteiger partial charge >= 0.3 is 0 Å². The fourth-order valence-electron chi connectivity index (χ4n) is 2.41. The van der Waals surface area contributed by atoms with E-state index in [-0.39, 0.29) is 0 Å². The maximum absolute atomic E-state index is 12.1. The minimum Gasteiger partial charge on any atom is -0.303 e. The van der Waals surface area contributed by atoms with Gasteiger partial charge in [0.2, 0.25) is 8.87 Å². The van der Waals surface area contributed by atoms with Crippen molar-refractivity contribution in [2.24, 2.45) is 0 Å². The summed E-state index contributed by atoms with van der Waals surface area (Å²) >= 11 is 0. The number of benzene rings is 1. The predicted octanol–water partition coefficient (Wildman–Crippen LogP) is 3.29. The Morgan fingerprint density at radius 1 is 1.10 bits per heavy atom. The van der Waals surface area contributed by atoms with Gasteiger partial charge in [-0.3, -0.25) is 0 Å². The number of nitrogens with zero attached hydrogens (tertiary/aromatic N) is 1. The van der Waals surface area contributed by atoms with Crippen molar-refractivity contribution >= 4 is 19.7 Å². The minimum absolute atomic E-state index is 0.422. The summed E-state index contributed by atoms with van der Waals surface area (Å²) in [6, 6.07) is 7.09. The number of piperidine rings is 1. The van der Waals surface area contributed by atoms with Crippen LogP contribution in [0, 0.1) is 6.92 Å². The molecule has 1 aromatic carbocycles. The zero-order valence-corrected chi connectivity index (χ0v) is 13.7. The monoisotopic (exact) mass is 313 g/mol. The highest BCUT2D eigenvalue weighted by Crippen LogP contribution is 2.24. The van der Waals surface area contributed by atoms with Crippen LogP contribution in [0.3, 0.4) is 0 Å². The van der Waals surface area contributed by atoms with E-state index in [2.05, 4.69) is 4.90 Å². The lowest BCUT2D eigenvalue weighted by Crippen LogP contribution is -2.30. The fraction of sp³-hybridized carbons (Fsp3) is 0.600. The molecule has 20 heavy (non-hydrogen) atoms. The van der Waals surface area contributed by atoms with E-state index in [1.807, 2.05) is 19.1 Å². The minimum atomic E-state index is -3.18. The third-order valence-electron chi connectivity index (χ3n) is 3.62. The second-order valence-corrected chi connectivity index (χ2v) is 9.39. The first-order chi connectivity index (χ1) is 9.58. The van der Waals surface area contributed by atoms with E-state index in [1.165, 1.54) is 32.4 Å². The Bertz CT molecular complexity index is 505. The van der Waals surface area contributed by atoms with E-state index in [4.69, 9.17) is 0 Å². The SMILES string of the molecule is Cc1ccc(S(=O)(=O)SCCCN2CCCCC2)cc1. The van der Waals surface area contributed by atoms with Gasteiger partial charge in [0, 0.05) is 5.75 Å². The maximum atomic E-state index is 12.1. The summed E-state index contributed by atoms with van der Waals surface area (Å²) in [5.41, 5.74) is 1.08. The van der Waals surface area contributed by atoms with Crippen molar-refractivity contribution in [2.45, 2.75) is 37.5 Å². The molecular weight excluding hydrogens is 290 g/mol. The molecule has 0 aromatic heterocycles. The molecule has 1 fully saturated rings. The molecule has 0 bridgehead atoms. The van der Waals surface area contributed by atoms with Crippen LogP contribution >= 0.6 is 10.8 Å². The van der Waals surface area contributed by atoms with Gasteiger partial charge in [0.1, 0.15) is 0 Å². The Hall–Kier alpha value is -0.520. The molecule has 1 aliphatic rings. The van der Waals surface area contributed by atoms with E-state index in [0.29, 0.717) is 10.6 Å². The average Bonchev–Trinajstić information content (AvgIpc) is 2.45. The van der Waals surface area contributed by atoms with Crippen LogP contribution in [-0.4, -0.2) is 38.7 Å². The Kier molecular flexibility index (Phi) is 5.93. The first-order valence-corrected chi connectivity index (χ1v) is 10.2. The van der Waals surface area contributed by atoms with Crippen molar-refractivity contribution in [1.29, 1.82) is 0 Å². The lowest BCUT2D eigenvalue weighted by atomic mass is 10.1. The Balaban J connectivity index is 1.76. The molecular formula is C15H23NO2S2. The average molecular weight is 313 g/mol. The van der Waals surface area contributed by atoms with Crippen LogP contribution in [0.2, 0.25) is 0 Å². The predicted molar refractivity (Wildman–Crippen MR) is 85.7 cm³/mol. The molecule has 0 atom stereocenters. The molecule has 0 amide bonds. The summed E-state index contributed by atoms with van der Waals surface area (Å²) in [5.74, 6) is 0.673. The van der Waals surface area contributed by atoms with E-state index < -0.39 is 8.87 Å². The molecule has 1 aromatic rings. The third kappa shape index (κ3) is 4.79. The Morgan fingerprint density at radius 2 is 1.75 bits per heavy atom.